The zero-order valence-corrected chi connectivity index (χ0v) is 22.9. The van der Waals surface area contributed by atoms with Crippen LogP contribution in [0.3, 0.4) is 0 Å². The van der Waals surface area contributed by atoms with E-state index in [2.05, 4.69) is 23.3 Å². The molecule has 37 heavy (non-hydrogen) atoms. The molecule has 2 aromatic carbocycles. The second-order valence-electron chi connectivity index (χ2n) is 9.49. The van der Waals surface area contributed by atoms with Crippen molar-refractivity contribution in [2.24, 2.45) is 11.8 Å². The van der Waals surface area contributed by atoms with E-state index in [1.165, 1.54) is 32.3 Å². The zero-order chi connectivity index (χ0) is 26.8. The minimum Gasteiger partial charge on any atom is -0.384 e. The predicted molar refractivity (Wildman–Crippen MR) is 148 cm³/mol. The number of aliphatic hydroxyl groups excluding tert-OH is 1. The molecule has 0 spiro atoms. The third kappa shape index (κ3) is 8.29. The van der Waals surface area contributed by atoms with Crippen LogP contribution in [0, 0.1) is 11.8 Å². The van der Waals surface area contributed by atoms with E-state index in [1.807, 2.05) is 29.0 Å². The van der Waals surface area contributed by atoms with Gasteiger partial charge in [0.1, 0.15) is 6.10 Å². The number of thiol groups is 1. The Morgan fingerprint density at radius 2 is 1.68 bits per heavy atom. The SMILES string of the molecule is C[C@H](O)C(=O)NS(=O)(=O)c1ccccc1-c1ccc(CNCCNC(=O)[C@@H](CS)C2CCCCC2)cc1. The molecule has 3 rings (SSSR count). The van der Waals surface area contributed by atoms with Gasteiger partial charge in [-0.05, 0) is 42.9 Å². The lowest BCUT2D eigenvalue weighted by Gasteiger charge is -2.28. The fourth-order valence-electron chi connectivity index (χ4n) is 4.63. The first kappa shape index (κ1) is 29.2. The Labute approximate surface area is 225 Å². The van der Waals surface area contributed by atoms with Crippen molar-refractivity contribution >= 4 is 34.5 Å². The average Bonchev–Trinajstić information content (AvgIpc) is 2.89. The number of sulfonamides is 1. The van der Waals surface area contributed by atoms with Gasteiger partial charge in [-0.25, -0.2) is 13.1 Å². The van der Waals surface area contributed by atoms with Crippen molar-refractivity contribution < 1.29 is 23.1 Å². The lowest BCUT2D eigenvalue weighted by atomic mass is 9.80. The highest BCUT2D eigenvalue weighted by Gasteiger charge is 2.28. The highest BCUT2D eigenvalue weighted by atomic mass is 32.2. The van der Waals surface area contributed by atoms with E-state index in [0.29, 0.717) is 42.4 Å². The topological polar surface area (TPSA) is 125 Å². The second kappa shape index (κ2) is 13.9. The maximum atomic E-state index is 12.7. The van der Waals surface area contributed by atoms with Gasteiger partial charge in [0.15, 0.2) is 0 Å². The van der Waals surface area contributed by atoms with Gasteiger partial charge in [-0.3, -0.25) is 9.59 Å². The molecule has 0 bridgehead atoms. The van der Waals surface area contributed by atoms with Crippen LogP contribution in [0.25, 0.3) is 11.1 Å². The fraction of sp³-hybridized carbons (Fsp3) is 0.481. The Hall–Kier alpha value is -2.40. The molecule has 0 unspecified atom stereocenters. The highest BCUT2D eigenvalue weighted by Crippen LogP contribution is 2.31. The van der Waals surface area contributed by atoms with Crippen molar-refractivity contribution in [2.45, 2.75) is 56.6 Å². The molecule has 1 aliphatic carbocycles. The number of amides is 2. The van der Waals surface area contributed by atoms with Gasteiger partial charge in [-0.2, -0.15) is 12.6 Å². The van der Waals surface area contributed by atoms with Crippen LogP contribution in [0.5, 0.6) is 0 Å². The maximum Gasteiger partial charge on any atom is 0.264 e. The summed E-state index contributed by atoms with van der Waals surface area (Å²) in [5.74, 6) is 0.0950. The van der Waals surface area contributed by atoms with E-state index in [4.69, 9.17) is 0 Å². The molecule has 10 heteroatoms. The van der Waals surface area contributed by atoms with Gasteiger partial charge in [-0.15, -0.1) is 0 Å². The van der Waals surface area contributed by atoms with Crippen LogP contribution in [-0.2, 0) is 26.2 Å². The third-order valence-corrected chi connectivity index (χ3v) is 8.54. The van der Waals surface area contributed by atoms with E-state index in [1.54, 1.807) is 18.2 Å². The van der Waals surface area contributed by atoms with Gasteiger partial charge in [0.25, 0.3) is 15.9 Å². The Balaban J connectivity index is 1.52. The molecule has 2 amide bonds. The van der Waals surface area contributed by atoms with E-state index in [9.17, 15) is 23.1 Å². The molecule has 0 aliphatic heterocycles. The Kier molecular flexibility index (Phi) is 11.0. The van der Waals surface area contributed by atoms with Crippen molar-refractivity contribution in [3.05, 3.63) is 54.1 Å². The normalized spacial score (nSPS) is 16.1. The molecule has 2 aromatic rings. The van der Waals surface area contributed by atoms with Crippen molar-refractivity contribution in [2.75, 3.05) is 18.8 Å². The lowest BCUT2D eigenvalue weighted by Crippen LogP contribution is -2.39. The molecule has 8 nitrogen and oxygen atoms in total. The minimum absolute atomic E-state index is 0.0248. The number of rotatable bonds is 12. The summed E-state index contributed by atoms with van der Waals surface area (Å²) in [6, 6.07) is 13.8. The van der Waals surface area contributed by atoms with Gasteiger partial charge < -0.3 is 15.7 Å². The Bertz CT molecular complexity index is 1150. The molecule has 0 radical (unpaired) electrons. The number of carbonyl (C=O) groups excluding carboxylic acids is 2. The van der Waals surface area contributed by atoms with Crippen LogP contribution in [-0.4, -0.2) is 50.3 Å². The fourth-order valence-corrected chi connectivity index (χ4v) is 6.38. The largest absolute Gasteiger partial charge is 0.384 e. The number of aliphatic hydroxyl groups is 1. The summed E-state index contributed by atoms with van der Waals surface area (Å²) in [4.78, 5) is 24.3. The molecule has 0 saturated heterocycles. The van der Waals surface area contributed by atoms with Crippen molar-refractivity contribution in [3.63, 3.8) is 0 Å². The van der Waals surface area contributed by atoms with Crippen LogP contribution in [0.2, 0.25) is 0 Å². The minimum atomic E-state index is -4.15. The summed E-state index contributed by atoms with van der Waals surface area (Å²) >= 11 is 4.42. The maximum absolute atomic E-state index is 12.7. The van der Waals surface area contributed by atoms with E-state index < -0.39 is 22.0 Å². The second-order valence-corrected chi connectivity index (χ2v) is 11.5. The van der Waals surface area contributed by atoms with Crippen LogP contribution in [0.1, 0.15) is 44.6 Å². The van der Waals surface area contributed by atoms with Crippen LogP contribution in [0.4, 0.5) is 0 Å². The third-order valence-electron chi connectivity index (χ3n) is 6.74. The quantitative estimate of drug-likeness (QED) is 0.206. The van der Waals surface area contributed by atoms with Crippen molar-refractivity contribution in [3.8, 4) is 11.1 Å². The first-order chi connectivity index (χ1) is 17.7. The predicted octanol–water partition coefficient (Wildman–Crippen LogP) is 2.87. The number of hydrogen-bond acceptors (Lipinski definition) is 7. The molecule has 2 atom stereocenters. The molecule has 1 aliphatic rings. The van der Waals surface area contributed by atoms with E-state index >= 15 is 0 Å². The van der Waals surface area contributed by atoms with Gasteiger partial charge in [0, 0.05) is 36.9 Å². The van der Waals surface area contributed by atoms with Crippen LogP contribution in [0.15, 0.2) is 53.4 Å². The number of carbonyl (C=O) groups is 2. The summed E-state index contributed by atoms with van der Waals surface area (Å²) in [7, 11) is -4.15. The zero-order valence-electron chi connectivity index (χ0n) is 21.2. The van der Waals surface area contributed by atoms with Crippen LogP contribution >= 0.6 is 12.6 Å². The summed E-state index contributed by atoms with van der Waals surface area (Å²) in [5, 5.41) is 15.7. The first-order valence-corrected chi connectivity index (χ1v) is 14.9. The Morgan fingerprint density at radius 1 is 1.00 bits per heavy atom. The molecule has 0 aromatic heterocycles. The lowest BCUT2D eigenvalue weighted by molar-refractivity contribution is -0.127. The highest BCUT2D eigenvalue weighted by molar-refractivity contribution is 7.90. The van der Waals surface area contributed by atoms with Gasteiger partial charge >= 0.3 is 0 Å². The van der Waals surface area contributed by atoms with Gasteiger partial charge in [0.2, 0.25) is 5.91 Å². The van der Waals surface area contributed by atoms with E-state index in [-0.39, 0.29) is 16.7 Å². The van der Waals surface area contributed by atoms with E-state index in [0.717, 1.165) is 18.4 Å². The summed E-state index contributed by atoms with van der Waals surface area (Å²) < 4.78 is 27.4. The van der Waals surface area contributed by atoms with Crippen LogP contribution < -0.4 is 15.4 Å². The average molecular weight is 548 g/mol. The summed E-state index contributed by atoms with van der Waals surface area (Å²) in [6.45, 7) is 2.96. The molecular formula is C27H37N3O5S2. The molecule has 4 N–H and O–H groups in total. The monoisotopic (exact) mass is 547 g/mol. The summed E-state index contributed by atoms with van der Waals surface area (Å²) in [5.41, 5.74) is 2.14. The number of benzene rings is 2. The molecule has 202 valence electrons. The summed E-state index contributed by atoms with van der Waals surface area (Å²) in [6.07, 6.45) is 4.44. The molecule has 0 heterocycles. The first-order valence-electron chi connectivity index (χ1n) is 12.7. The number of nitrogens with one attached hydrogen (secondary N) is 3. The van der Waals surface area contributed by atoms with Gasteiger partial charge in [-0.1, -0.05) is 61.7 Å². The molecular weight excluding hydrogens is 510 g/mol. The van der Waals surface area contributed by atoms with Gasteiger partial charge in [0.05, 0.1) is 4.90 Å². The molecule has 1 fully saturated rings. The smallest absolute Gasteiger partial charge is 0.264 e. The Morgan fingerprint density at radius 3 is 2.32 bits per heavy atom. The molecule has 1 saturated carbocycles. The standard InChI is InChI=1S/C27H37N3O5S2/c1-19(31)26(32)30-37(34,35)25-10-6-5-9-23(25)22-13-11-20(12-14-22)17-28-15-16-29-27(33)24(18-36)21-7-3-2-4-8-21/h5-6,9-14,19,21,24,28,31,36H,2-4,7-8,15-18H2,1H3,(H,29,33)(H,30,32)/t19-,24-/m0/s1. The van der Waals surface area contributed by atoms with Crippen molar-refractivity contribution in [1.82, 2.24) is 15.4 Å². The number of hydrogen-bond donors (Lipinski definition) is 5. The van der Waals surface area contributed by atoms with Crippen molar-refractivity contribution in [1.29, 1.82) is 0 Å².